The fraction of sp³-hybridized carbons (Fsp3) is 0.818. The first-order chi connectivity index (χ1) is 14.8. The van der Waals surface area contributed by atoms with Crippen molar-refractivity contribution in [3.05, 3.63) is 0 Å². The Morgan fingerprint density at radius 3 is 1.75 bits per heavy atom. The van der Waals surface area contributed by atoms with Crippen molar-refractivity contribution in [2.45, 2.75) is 91.4 Å². The number of rotatable bonds is 15. The molecule has 0 heterocycles. The van der Waals surface area contributed by atoms with Crippen LogP contribution in [-0.4, -0.2) is 59.5 Å². The smallest absolute Gasteiger partial charge is 0.326 e. The van der Waals surface area contributed by atoms with Crippen molar-refractivity contribution in [2.75, 3.05) is 6.54 Å². The minimum atomic E-state index is -1.14. The maximum Gasteiger partial charge on any atom is 0.326 e. The highest BCUT2D eigenvalue weighted by Crippen LogP contribution is 2.10. The molecule has 0 saturated heterocycles. The van der Waals surface area contributed by atoms with Crippen LogP contribution in [0.3, 0.4) is 0 Å². The van der Waals surface area contributed by atoms with Crippen LogP contribution in [0, 0.1) is 17.8 Å². The summed E-state index contributed by atoms with van der Waals surface area (Å²) >= 11 is 0. The molecule has 0 aliphatic rings. The van der Waals surface area contributed by atoms with E-state index < -0.39 is 47.9 Å². The largest absolute Gasteiger partial charge is 0.480 e. The van der Waals surface area contributed by atoms with E-state index in [9.17, 15) is 24.3 Å². The standard InChI is InChI=1S/C22H43N5O5/c1-12(2)11-16(20(29)27-18(14(5)6)22(31)32)25-21(30)17(13(3)4)26-19(28)15(24)9-7-8-10-23/h12-18H,7-11,23-24H2,1-6H3,(H,25,30)(H,26,28)(H,27,29)(H,31,32). The highest BCUT2D eigenvalue weighted by Gasteiger charge is 2.32. The summed E-state index contributed by atoms with van der Waals surface area (Å²) in [7, 11) is 0. The summed E-state index contributed by atoms with van der Waals surface area (Å²) in [6, 6.07) is -3.64. The lowest BCUT2D eigenvalue weighted by Gasteiger charge is -2.28. The zero-order valence-electron chi connectivity index (χ0n) is 20.3. The summed E-state index contributed by atoms with van der Waals surface area (Å²) in [6.45, 7) is 11.2. The minimum absolute atomic E-state index is 0.0661. The van der Waals surface area contributed by atoms with Gasteiger partial charge in [-0.15, -0.1) is 0 Å². The van der Waals surface area contributed by atoms with E-state index in [1.165, 1.54) is 0 Å². The van der Waals surface area contributed by atoms with Crippen LogP contribution in [0.1, 0.15) is 67.2 Å². The third kappa shape index (κ3) is 10.9. The van der Waals surface area contributed by atoms with Gasteiger partial charge in [0.25, 0.3) is 0 Å². The number of unbranched alkanes of at least 4 members (excludes halogenated alkanes) is 1. The first-order valence-electron chi connectivity index (χ1n) is 11.4. The molecule has 0 bridgehead atoms. The van der Waals surface area contributed by atoms with Gasteiger partial charge < -0.3 is 32.5 Å². The predicted octanol–water partition coefficient (Wildman–Crippen LogP) is 0.340. The van der Waals surface area contributed by atoms with Crippen LogP contribution in [0.5, 0.6) is 0 Å². The van der Waals surface area contributed by atoms with Crippen LogP contribution in [0.15, 0.2) is 0 Å². The number of carbonyl (C=O) groups is 4. The minimum Gasteiger partial charge on any atom is -0.480 e. The number of nitrogens with one attached hydrogen (secondary N) is 3. The molecule has 0 aromatic carbocycles. The molecule has 0 saturated carbocycles. The number of hydrogen-bond acceptors (Lipinski definition) is 6. The molecular formula is C22H43N5O5. The van der Waals surface area contributed by atoms with Crippen LogP contribution in [0.25, 0.3) is 0 Å². The van der Waals surface area contributed by atoms with Gasteiger partial charge in [-0.1, -0.05) is 48.0 Å². The fourth-order valence-corrected chi connectivity index (χ4v) is 3.17. The first-order valence-corrected chi connectivity index (χ1v) is 11.4. The Morgan fingerprint density at radius 2 is 1.31 bits per heavy atom. The van der Waals surface area contributed by atoms with Gasteiger partial charge in [-0.3, -0.25) is 14.4 Å². The highest BCUT2D eigenvalue weighted by molar-refractivity contribution is 5.94. The zero-order valence-corrected chi connectivity index (χ0v) is 20.3. The Kier molecular flexibility index (Phi) is 13.8. The van der Waals surface area contributed by atoms with Crippen molar-refractivity contribution in [1.29, 1.82) is 0 Å². The molecule has 186 valence electrons. The second kappa shape index (κ2) is 14.8. The molecule has 0 spiro atoms. The molecule has 0 fully saturated rings. The van der Waals surface area contributed by atoms with E-state index >= 15 is 0 Å². The van der Waals surface area contributed by atoms with Crippen LogP contribution < -0.4 is 27.4 Å². The summed E-state index contributed by atoms with van der Waals surface area (Å²) in [6.07, 6.45) is 2.24. The van der Waals surface area contributed by atoms with Crippen molar-refractivity contribution in [1.82, 2.24) is 16.0 Å². The highest BCUT2D eigenvalue weighted by atomic mass is 16.4. The summed E-state index contributed by atoms with van der Waals surface area (Å²) in [5.41, 5.74) is 11.4. The van der Waals surface area contributed by atoms with Gasteiger partial charge in [0.1, 0.15) is 18.1 Å². The van der Waals surface area contributed by atoms with Crippen LogP contribution >= 0.6 is 0 Å². The Balaban J connectivity index is 5.33. The van der Waals surface area contributed by atoms with Gasteiger partial charge in [0, 0.05) is 0 Å². The van der Waals surface area contributed by atoms with Crippen molar-refractivity contribution in [3.8, 4) is 0 Å². The third-order valence-electron chi connectivity index (χ3n) is 5.12. The third-order valence-corrected chi connectivity index (χ3v) is 5.12. The lowest BCUT2D eigenvalue weighted by atomic mass is 9.98. The fourth-order valence-electron chi connectivity index (χ4n) is 3.17. The molecule has 0 rings (SSSR count). The molecule has 32 heavy (non-hydrogen) atoms. The maximum absolute atomic E-state index is 13.0. The second-order valence-electron chi connectivity index (χ2n) is 9.38. The molecule has 0 aromatic heterocycles. The number of carboxylic acids is 1. The Hall–Kier alpha value is -2.20. The van der Waals surface area contributed by atoms with Gasteiger partial charge in [0.05, 0.1) is 6.04 Å². The molecular weight excluding hydrogens is 414 g/mol. The molecule has 10 nitrogen and oxygen atoms in total. The SMILES string of the molecule is CC(C)CC(NC(=O)C(NC(=O)C(N)CCCCN)C(C)C)C(=O)NC(C(=O)O)C(C)C. The molecule has 0 aromatic rings. The zero-order chi connectivity index (χ0) is 25.0. The molecule has 8 N–H and O–H groups in total. The predicted molar refractivity (Wildman–Crippen MR) is 123 cm³/mol. The number of carboxylic acid groups (broad SMARTS) is 1. The van der Waals surface area contributed by atoms with E-state index in [-0.39, 0.29) is 17.8 Å². The van der Waals surface area contributed by atoms with E-state index in [1.807, 2.05) is 13.8 Å². The number of aliphatic carboxylic acids is 1. The monoisotopic (exact) mass is 457 g/mol. The van der Waals surface area contributed by atoms with Gasteiger partial charge in [-0.2, -0.15) is 0 Å². The molecule has 0 aliphatic heterocycles. The van der Waals surface area contributed by atoms with Crippen LogP contribution in [0.2, 0.25) is 0 Å². The number of amides is 3. The number of carbonyl (C=O) groups excluding carboxylic acids is 3. The van der Waals surface area contributed by atoms with Gasteiger partial charge in [0.2, 0.25) is 17.7 Å². The summed E-state index contributed by atoms with van der Waals surface area (Å²) < 4.78 is 0. The summed E-state index contributed by atoms with van der Waals surface area (Å²) in [5, 5.41) is 17.2. The summed E-state index contributed by atoms with van der Waals surface area (Å²) in [4.78, 5) is 49.7. The van der Waals surface area contributed by atoms with E-state index in [0.29, 0.717) is 25.8 Å². The normalized spacial score (nSPS) is 15.2. The topological polar surface area (TPSA) is 177 Å². The Morgan fingerprint density at radius 1 is 0.781 bits per heavy atom. The second-order valence-corrected chi connectivity index (χ2v) is 9.38. The van der Waals surface area contributed by atoms with Gasteiger partial charge in [-0.25, -0.2) is 4.79 Å². The lowest BCUT2D eigenvalue weighted by molar-refractivity contribution is -0.143. The first kappa shape index (κ1) is 29.8. The average molecular weight is 458 g/mol. The average Bonchev–Trinajstić information content (AvgIpc) is 2.67. The summed E-state index contributed by atoms with van der Waals surface area (Å²) in [5.74, 6) is -3.17. The van der Waals surface area contributed by atoms with Crippen molar-refractivity contribution < 1.29 is 24.3 Å². The van der Waals surface area contributed by atoms with E-state index in [0.717, 1.165) is 6.42 Å². The van der Waals surface area contributed by atoms with Gasteiger partial charge in [0.15, 0.2) is 0 Å². The Bertz CT molecular complexity index is 624. The van der Waals surface area contributed by atoms with E-state index in [2.05, 4.69) is 16.0 Å². The van der Waals surface area contributed by atoms with Gasteiger partial charge in [-0.05, 0) is 43.6 Å². The van der Waals surface area contributed by atoms with Crippen LogP contribution in [-0.2, 0) is 19.2 Å². The Labute approximate surface area is 191 Å². The molecule has 0 aliphatic carbocycles. The molecule has 3 amide bonds. The van der Waals surface area contributed by atoms with Crippen molar-refractivity contribution >= 4 is 23.7 Å². The van der Waals surface area contributed by atoms with Crippen molar-refractivity contribution in [3.63, 3.8) is 0 Å². The number of nitrogens with two attached hydrogens (primary N) is 2. The molecule has 10 heteroatoms. The lowest BCUT2D eigenvalue weighted by Crippen LogP contribution is -2.59. The quantitative estimate of drug-likeness (QED) is 0.192. The van der Waals surface area contributed by atoms with E-state index in [1.54, 1.807) is 27.7 Å². The van der Waals surface area contributed by atoms with E-state index in [4.69, 9.17) is 11.5 Å². The molecule has 4 unspecified atom stereocenters. The number of hydrogen-bond donors (Lipinski definition) is 6. The molecule has 4 atom stereocenters. The van der Waals surface area contributed by atoms with Crippen LogP contribution in [0.4, 0.5) is 0 Å². The maximum atomic E-state index is 13.0. The van der Waals surface area contributed by atoms with Crippen molar-refractivity contribution in [2.24, 2.45) is 29.2 Å². The van der Waals surface area contributed by atoms with Gasteiger partial charge >= 0.3 is 5.97 Å². The molecule has 0 radical (unpaired) electrons.